The molecule has 2 atom stereocenters. The van der Waals surface area contributed by atoms with E-state index in [1.807, 2.05) is 0 Å². The van der Waals surface area contributed by atoms with Crippen LogP contribution in [0.3, 0.4) is 0 Å². The first-order valence-electron chi connectivity index (χ1n) is 9.29. The molecule has 1 fully saturated rings. The fourth-order valence-electron chi connectivity index (χ4n) is 3.16. The van der Waals surface area contributed by atoms with Crippen molar-refractivity contribution in [2.45, 2.75) is 90.5 Å². The van der Waals surface area contributed by atoms with Crippen LogP contribution in [0, 0.1) is 5.92 Å². The van der Waals surface area contributed by atoms with E-state index >= 15 is 0 Å². The number of amides is 1. The van der Waals surface area contributed by atoms with E-state index in [1.165, 1.54) is 57.8 Å². The lowest BCUT2D eigenvalue weighted by molar-refractivity contribution is -0.124. The van der Waals surface area contributed by atoms with Crippen LogP contribution < -0.4 is 10.6 Å². The van der Waals surface area contributed by atoms with Crippen molar-refractivity contribution >= 4 is 5.91 Å². The molecule has 1 aliphatic rings. The molecule has 0 radical (unpaired) electrons. The molecule has 3 heteroatoms. The summed E-state index contributed by atoms with van der Waals surface area (Å²) < 4.78 is 0. The maximum atomic E-state index is 12.1. The third-order valence-corrected chi connectivity index (χ3v) is 4.74. The Morgan fingerprint density at radius 2 is 1.71 bits per heavy atom. The highest BCUT2D eigenvalue weighted by molar-refractivity contribution is 5.81. The zero-order valence-corrected chi connectivity index (χ0v) is 14.3. The summed E-state index contributed by atoms with van der Waals surface area (Å²) in [5, 5.41) is 6.46. The van der Waals surface area contributed by atoms with Crippen molar-refractivity contribution in [3.8, 4) is 0 Å². The third kappa shape index (κ3) is 8.45. The Morgan fingerprint density at radius 1 is 1.05 bits per heavy atom. The number of rotatable bonds is 11. The van der Waals surface area contributed by atoms with Crippen molar-refractivity contribution in [3.63, 3.8) is 0 Å². The van der Waals surface area contributed by atoms with Gasteiger partial charge in [-0.2, -0.15) is 0 Å². The predicted octanol–water partition coefficient (Wildman–Crippen LogP) is 4.02. The van der Waals surface area contributed by atoms with Gasteiger partial charge < -0.3 is 10.6 Å². The molecule has 1 aliphatic heterocycles. The van der Waals surface area contributed by atoms with Gasteiger partial charge in [0, 0.05) is 6.54 Å². The normalized spacial score (nSPS) is 22.2. The highest BCUT2D eigenvalue weighted by atomic mass is 16.2. The molecule has 0 bridgehead atoms. The van der Waals surface area contributed by atoms with E-state index in [0.717, 1.165) is 31.8 Å². The Hall–Kier alpha value is -0.570. The number of carbonyl (C=O) groups is 1. The molecule has 2 unspecified atom stereocenters. The highest BCUT2D eigenvalue weighted by Gasteiger charge is 2.25. The molecule has 1 amide bonds. The fraction of sp³-hybridized carbons (Fsp3) is 0.944. The van der Waals surface area contributed by atoms with Crippen LogP contribution in [-0.2, 0) is 4.79 Å². The van der Waals surface area contributed by atoms with Crippen molar-refractivity contribution in [3.05, 3.63) is 0 Å². The molecular weight excluding hydrogens is 260 g/mol. The van der Waals surface area contributed by atoms with E-state index < -0.39 is 0 Å². The van der Waals surface area contributed by atoms with Crippen molar-refractivity contribution in [2.24, 2.45) is 5.92 Å². The van der Waals surface area contributed by atoms with E-state index in [0.29, 0.717) is 0 Å². The van der Waals surface area contributed by atoms with Gasteiger partial charge in [0.15, 0.2) is 0 Å². The Morgan fingerprint density at radius 3 is 2.38 bits per heavy atom. The average molecular weight is 296 g/mol. The van der Waals surface area contributed by atoms with Gasteiger partial charge in [0.05, 0.1) is 6.04 Å². The lowest BCUT2D eigenvalue weighted by Crippen LogP contribution is -2.48. The van der Waals surface area contributed by atoms with E-state index in [1.54, 1.807) is 0 Å². The lowest BCUT2D eigenvalue weighted by atomic mass is 9.90. The van der Waals surface area contributed by atoms with Crippen LogP contribution in [0.5, 0.6) is 0 Å². The molecule has 2 N–H and O–H groups in total. The first-order valence-corrected chi connectivity index (χ1v) is 9.29. The van der Waals surface area contributed by atoms with E-state index in [4.69, 9.17) is 0 Å². The van der Waals surface area contributed by atoms with Crippen LogP contribution in [0.15, 0.2) is 0 Å². The number of unbranched alkanes of at least 4 members (excludes halogenated alkanes) is 7. The van der Waals surface area contributed by atoms with Crippen LogP contribution in [0.25, 0.3) is 0 Å². The van der Waals surface area contributed by atoms with Crippen LogP contribution in [-0.4, -0.2) is 25.0 Å². The Balaban J connectivity index is 1.96. The van der Waals surface area contributed by atoms with Crippen molar-refractivity contribution in [1.82, 2.24) is 10.6 Å². The maximum Gasteiger partial charge on any atom is 0.237 e. The zero-order chi connectivity index (χ0) is 15.3. The maximum absolute atomic E-state index is 12.1. The minimum absolute atomic E-state index is 0.0535. The second-order valence-electron chi connectivity index (χ2n) is 6.57. The first kappa shape index (κ1) is 18.5. The molecule has 124 valence electrons. The molecule has 0 saturated carbocycles. The summed E-state index contributed by atoms with van der Waals surface area (Å²) in [4.78, 5) is 12.1. The lowest BCUT2D eigenvalue weighted by Gasteiger charge is -2.28. The predicted molar refractivity (Wildman–Crippen MR) is 90.4 cm³/mol. The summed E-state index contributed by atoms with van der Waals surface area (Å²) in [7, 11) is 0. The second-order valence-corrected chi connectivity index (χ2v) is 6.57. The second kappa shape index (κ2) is 12.0. The van der Waals surface area contributed by atoms with Gasteiger partial charge >= 0.3 is 0 Å². The van der Waals surface area contributed by atoms with Gasteiger partial charge in [-0.25, -0.2) is 0 Å². The largest absolute Gasteiger partial charge is 0.355 e. The zero-order valence-electron chi connectivity index (χ0n) is 14.3. The SMILES string of the molecule is CCCCCCCCCCNC(=O)C1CC(CC)CCN1. The molecule has 0 aromatic heterocycles. The molecule has 0 aromatic rings. The molecule has 3 nitrogen and oxygen atoms in total. The summed E-state index contributed by atoms with van der Waals surface area (Å²) in [6.07, 6.45) is 14.0. The number of hydrogen-bond acceptors (Lipinski definition) is 2. The monoisotopic (exact) mass is 296 g/mol. The van der Waals surface area contributed by atoms with Crippen LogP contribution in [0.1, 0.15) is 84.5 Å². The minimum Gasteiger partial charge on any atom is -0.355 e. The summed E-state index contributed by atoms with van der Waals surface area (Å²) in [5.74, 6) is 0.946. The van der Waals surface area contributed by atoms with Crippen LogP contribution in [0.4, 0.5) is 0 Å². The number of carbonyl (C=O) groups excluding carboxylic acids is 1. The first-order chi connectivity index (χ1) is 10.3. The highest BCUT2D eigenvalue weighted by Crippen LogP contribution is 2.19. The standard InChI is InChI=1S/C18H36N2O/c1-3-5-6-7-8-9-10-11-13-20-18(21)17-15-16(4-2)12-14-19-17/h16-17,19H,3-15H2,1-2H3,(H,20,21). The van der Waals surface area contributed by atoms with Gasteiger partial charge in [-0.05, 0) is 31.7 Å². The Labute approximate surface area is 131 Å². The van der Waals surface area contributed by atoms with Crippen molar-refractivity contribution < 1.29 is 4.79 Å². The van der Waals surface area contributed by atoms with E-state index in [9.17, 15) is 4.79 Å². The molecule has 0 aliphatic carbocycles. The fourth-order valence-corrected chi connectivity index (χ4v) is 3.16. The minimum atomic E-state index is 0.0535. The molecule has 1 rings (SSSR count). The van der Waals surface area contributed by atoms with Crippen LogP contribution >= 0.6 is 0 Å². The number of hydrogen-bond donors (Lipinski definition) is 2. The van der Waals surface area contributed by atoms with Crippen LogP contribution in [0.2, 0.25) is 0 Å². The molecule has 0 aromatic carbocycles. The van der Waals surface area contributed by atoms with Crippen molar-refractivity contribution in [2.75, 3.05) is 13.1 Å². The Kier molecular flexibility index (Phi) is 10.6. The summed E-state index contributed by atoms with van der Waals surface area (Å²) in [5.41, 5.74) is 0. The number of nitrogens with one attached hydrogen (secondary N) is 2. The van der Waals surface area contributed by atoms with Gasteiger partial charge in [0.25, 0.3) is 0 Å². The molecule has 21 heavy (non-hydrogen) atoms. The van der Waals surface area contributed by atoms with Gasteiger partial charge in [-0.15, -0.1) is 0 Å². The summed E-state index contributed by atoms with van der Waals surface area (Å²) >= 11 is 0. The van der Waals surface area contributed by atoms with Gasteiger partial charge in [0.1, 0.15) is 0 Å². The van der Waals surface area contributed by atoms with E-state index in [-0.39, 0.29) is 11.9 Å². The topological polar surface area (TPSA) is 41.1 Å². The molecular formula is C18H36N2O. The van der Waals surface area contributed by atoms with E-state index in [2.05, 4.69) is 24.5 Å². The smallest absolute Gasteiger partial charge is 0.237 e. The van der Waals surface area contributed by atoms with Crippen molar-refractivity contribution in [1.29, 1.82) is 0 Å². The molecule has 1 heterocycles. The summed E-state index contributed by atoms with van der Waals surface area (Å²) in [6.45, 7) is 6.33. The Bertz CT molecular complexity index is 268. The van der Waals surface area contributed by atoms with Gasteiger partial charge in [-0.3, -0.25) is 4.79 Å². The molecule has 1 saturated heterocycles. The molecule has 0 spiro atoms. The van der Waals surface area contributed by atoms with Gasteiger partial charge in [-0.1, -0.05) is 65.2 Å². The summed E-state index contributed by atoms with van der Waals surface area (Å²) in [6, 6.07) is 0.0535. The quantitative estimate of drug-likeness (QED) is 0.565. The average Bonchev–Trinajstić information content (AvgIpc) is 2.53. The number of piperidine rings is 1. The third-order valence-electron chi connectivity index (χ3n) is 4.74. The van der Waals surface area contributed by atoms with Gasteiger partial charge in [0.2, 0.25) is 5.91 Å².